The molecule has 1 N–H and O–H groups in total. The van der Waals surface area contributed by atoms with E-state index in [2.05, 4.69) is 10.2 Å². The maximum atomic E-state index is 12.0. The average Bonchev–Trinajstić information content (AvgIpc) is 3.14. The Hall–Kier alpha value is -2.77. The van der Waals surface area contributed by atoms with E-state index in [1.54, 1.807) is 0 Å². The van der Waals surface area contributed by atoms with E-state index in [4.69, 9.17) is 16.0 Å². The van der Waals surface area contributed by atoms with Crippen LogP contribution in [0.3, 0.4) is 0 Å². The number of thioether (sulfide) groups is 1. The molecule has 4 aromatic rings. The highest BCUT2D eigenvalue weighted by molar-refractivity contribution is 7.98. The van der Waals surface area contributed by atoms with Crippen LogP contribution in [-0.4, -0.2) is 19.9 Å². The Morgan fingerprint density at radius 2 is 1.87 bits per heavy atom. The molecule has 0 aliphatic rings. The number of hydrogen-bond donors (Lipinski definition) is 1. The summed E-state index contributed by atoms with van der Waals surface area (Å²) in [5.74, 6) is 1.43. The third-order valence-electron chi connectivity index (χ3n) is 4.90. The number of aromatic nitrogens is 3. The fourth-order valence-corrected chi connectivity index (χ4v) is 4.46. The molecule has 30 heavy (non-hydrogen) atoms. The smallest absolute Gasteiger partial charge is 0.336 e. The Morgan fingerprint density at radius 3 is 2.57 bits per heavy atom. The summed E-state index contributed by atoms with van der Waals surface area (Å²) in [6, 6.07) is 12.4. The lowest BCUT2D eigenvalue weighted by Gasteiger charge is -2.10. The van der Waals surface area contributed by atoms with E-state index in [1.165, 1.54) is 23.9 Å². The Morgan fingerprint density at radius 1 is 1.10 bits per heavy atom. The van der Waals surface area contributed by atoms with Crippen molar-refractivity contribution in [3.05, 3.63) is 69.0 Å². The number of fused-ring (bicyclic) bond motifs is 1. The molecule has 154 valence electrons. The van der Waals surface area contributed by atoms with Crippen LogP contribution in [0, 0.1) is 0 Å². The predicted molar refractivity (Wildman–Crippen MR) is 119 cm³/mol. The summed E-state index contributed by atoms with van der Waals surface area (Å²) in [5.41, 5.74) is 2.52. The number of rotatable bonds is 6. The molecule has 4 rings (SSSR count). The molecule has 2 heterocycles. The van der Waals surface area contributed by atoms with Crippen molar-refractivity contribution in [2.75, 3.05) is 0 Å². The van der Waals surface area contributed by atoms with Crippen molar-refractivity contribution >= 4 is 34.3 Å². The minimum absolute atomic E-state index is 0.135. The van der Waals surface area contributed by atoms with E-state index in [1.807, 2.05) is 48.7 Å². The molecule has 8 heteroatoms. The minimum atomic E-state index is -0.444. The number of phenols is 1. The molecule has 0 unspecified atom stereocenters. The van der Waals surface area contributed by atoms with Gasteiger partial charge in [-0.1, -0.05) is 30.3 Å². The lowest BCUT2D eigenvalue weighted by Crippen LogP contribution is -2.02. The molecule has 0 saturated carbocycles. The van der Waals surface area contributed by atoms with Crippen molar-refractivity contribution in [3.8, 4) is 17.1 Å². The molecule has 2 aromatic carbocycles. The lowest BCUT2D eigenvalue weighted by atomic mass is 10.1. The first-order valence-corrected chi connectivity index (χ1v) is 11.0. The summed E-state index contributed by atoms with van der Waals surface area (Å²) in [4.78, 5) is 12.0. The molecule has 0 aliphatic carbocycles. The first kappa shape index (κ1) is 20.5. The van der Waals surface area contributed by atoms with Gasteiger partial charge in [-0.15, -0.1) is 10.2 Å². The topological polar surface area (TPSA) is 81.2 Å². The fraction of sp³-hybridized carbons (Fsp3) is 0.227. The highest BCUT2D eigenvalue weighted by atomic mass is 35.5. The van der Waals surface area contributed by atoms with Crippen molar-refractivity contribution in [2.45, 2.75) is 37.7 Å². The van der Waals surface area contributed by atoms with Gasteiger partial charge in [0.05, 0.1) is 0 Å². The minimum Gasteiger partial charge on any atom is -0.508 e. The highest BCUT2D eigenvalue weighted by Crippen LogP contribution is 2.31. The molecular formula is C22H20ClN3O3S. The molecular weight excluding hydrogens is 422 g/mol. The van der Waals surface area contributed by atoms with Crippen LogP contribution < -0.4 is 5.63 Å². The van der Waals surface area contributed by atoms with Crippen LogP contribution in [0.2, 0.25) is 5.02 Å². The Balaban J connectivity index is 1.68. The van der Waals surface area contributed by atoms with Crippen molar-refractivity contribution in [2.24, 2.45) is 0 Å². The summed E-state index contributed by atoms with van der Waals surface area (Å²) in [5, 5.41) is 21.1. The number of aryl methyl sites for hydroxylation is 1. The molecule has 0 amide bonds. The van der Waals surface area contributed by atoms with Crippen LogP contribution in [0.25, 0.3) is 22.4 Å². The second-order valence-corrected chi connectivity index (χ2v) is 8.15. The van der Waals surface area contributed by atoms with E-state index in [0.29, 0.717) is 29.3 Å². The van der Waals surface area contributed by atoms with Gasteiger partial charge in [0, 0.05) is 40.4 Å². The molecule has 0 radical (unpaired) electrons. The first-order chi connectivity index (χ1) is 14.5. The Labute approximate surface area is 182 Å². The van der Waals surface area contributed by atoms with Gasteiger partial charge in [-0.2, -0.15) is 0 Å². The summed E-state index contributed by atoms with van der Waals surface area (Å²) in [6.45, 7) is 4.71. The normalized spacial score (nSPS) is 11.3. The second-order valence-electron chi connectivity index (χ2n) is 6.77. The number of benzene rings is 2. The average molecular weight is 442 g/mol. The monoisotopic (exact) mass is 441 g/mol. The summed E-state index contributed by atoms with van der Waals surface area (Å²) in [7, 11) is 0. The van der Waals surface area contributed by atoms with Gasteiger partial charge in [-0.3, -0.25) is 0 Å². The molecule has 0 aliphatic heterocycles. The summed E-state index contributed by atoms with van der Waals surface area (Å²) < 4.78 is 7.31. The molecule has 0 bridgehead atoms. The van der Waals surface area contributed by atoms with Gasteiger partial charge < -0.3 is 14.1 Å². The van der Waals surface area contributed by atoms with Crippen LogP contribution in [-0.2, 0) is 18.7 Å². The number of aromatic hydroxyl groups is 1. The van der Waals surface area contributed by atoms with Gasteiger partial charge in [0.15, 0.2) is 11.0 Å². The summed E-state index contributed by atoms with van der Waals surface area (Å²) >= 11 is 7.50. The van der Waals surface area contributed by atoms with Gasteiger partial charge in [0.1, 0.15) is 11.3 Å². The predicted octanol–water partition coefficient (Wildman–Crippen LogP) is 5.29. The highest BCUT2D eigenvalue weighted by Gasteiger charge is 2.15. The maximum Gasteiger partial charge on any atom is 0.336 e. The zero-order valence-electron chi connectivity index (χ0n) is 16.6. The quantitative estimate of drug-likeness (QED) is 0.323. The van der Waals surface area contributed by atoms with Crippen molar-refractivity contribution in [3.63, 3.8) is 0 Å². The van der Waals surface area contributed by atoms with Crippen LogP contribution >= 0.6 is 23.4 Å². The largest absolute Gasteiger partial charge is 0.508 e. The number of nitrogens with zero attached hydrogens (tertiary/aromatic N) is 3. The zero-order chi connectivity index (χ0) is 21.3. The fourth-order valence-electron chi connectivity index (χ4n) is 3.35. The third kappa shape index (κ3) is 3.95. The molecule has 0 spiro atoms. The standard InChI is InChI=1S/C22H20ClN3O3S/c1-3-13-9-17-15(10-20(28)29-19(17)11-18(13)27)12-30-22-25-24-21(26(22)4-2)14-5-7-16(23)8-6-14/h5-11,27H,3-4,12H2,1-2H3. The van der Waals surface area contributed by atoms with Gasteiger partial charge in [-0.05, 0) is 54.8 Å². The molecule has 6 nitrogen and oxygen atoms in total. The van der Waals surface area contributed by atoms with Crippen LogP contribution in [0.1, 0.15) is 25.0 Å². The lowest BCUT2D eigenvalue weighted by molar-refractivity contribution is 0.466. The van der Waals surface area contributed by atoms with Crippen LogP contribution in [0.5, 0.6) is 5.75 Å². The van der Waals surface area contributed by atoms with E-state index < -0.39 is 5.63 Å². The van der Waals surface area contributed by atoms with Gasteiger partial charge in [-0.25, -0.2) is 4.79 Å². The Kier molecular flexibility index (Phi) is 5.83. The van der Waals surface area contributed by atoms with E-state index in [-0.39, 0.29) is 5.75 Å². The summed E-state index contributed by atoms with van der Waals surface area (Å²) in [6.07, 6.45) is 0.683. The van der Waals surface area contributed by atoms with Crippen LogP contribution in [0.15, 0.2) is 56.8 Å². The van der Waals surface area contributed by atoms with Gasteiger partial charge in [0.2, 0.25) is 0 Å². The van der Waals surface area contributed by atoms with E-state index >= 15 is 0 Å². The number of hydrogen-bond acceptors (Lipinski definition) is 6. The van der Waals surface area contributed by atoms with Crippen molar-refractivity contribution < 1.29 is 9.52 Å². The number of phenolic OH excluding ortho intramolecular Hbond substituents is 1. The van der Waals surface area contributed by atoms with Crippen molar-refractivity contribution in [1.82, 2.24) is 14.8 Å². The SMILES string of the molecule is CCc1cc2c(CSc3nnc(-c4ccc(Cl)cc4)n3CC)cc(=O)oc2cc1O. The molecule has 2 aromatic heterocycles. The van der Waals surface area contributed by atoms with Crippen molar-refractivity contribution in [1.29, 1.82) is 0 Å². The van der Waals surface area contributed by atoms with Crippen LogP contribution in [0.4, 0.5) is 0 Å². The third-order valence-corrected chi connectivity index (χ3v) is 6.17. The number of halogens is 1. The van der Waals surface area contributed by atoms with E-state index in [0.717, 1.165) is 33.1 Å². The first-order valence-electron chi connectivity index (χ1n) is 9.60. The van der Waals surface area contributed by atoms with Gasteiger partial charge >= 0.3 is 5.63 Å². The van der Waals surface area contributed by atoms with E-state index in [9.17, 15) is 9.90 Å². The maximum absolute atomic E-state index is 12.0. The Bertz CT molecular complexity index is 1270. The zero-order valence-corrected chi connectivity index (χ0v) is 18.1. The molecule has 0 fully saturated rings. The molecule has 0 saturated heterocycles. The second kappa shape index (κ2) is 8.53. The van der Waals surface area contributed by atoms with Gasteiger partial charge in [0.25, 0.3) is 0 Å². The molecule has 0 atom stereocenters.